The monoisotopic (exact) mass is 374 g/mol. The highest BCUT2D eigenvalue weighted by molar-refractivity contribution is 6.30. The third-order valence-electron chi connectivity index (χ3n) is 4.56. The normalized spacial score (nSPS) is 16.3. The fourth-order valence-corrected chi connectivity index (χ4v) is 3.43. The third-order valence-corrected chi connectivity index (χ3v) is 4.80. The molecule has 1 unspecified atom stereocenters. The van der Waals surface area contributed by atoms with Crippen molar-refractivity contribution in [1.82, 2.24) is 10.2 Å². The van der Waals surface area contributed by atoms with Crippen molar-refractivity contribution in [3.8, 4) is 0 Å². The maximum Gasteiger partial charge on any atom is 0.335 e. The highest BCUT2D eigenvalue weighted by Gasteiger charge is 2.22. The van der Waals surface area contributed by atoms with Crippen molar-refractivity contribution in [2.24, 2.45) is 0 Å². The number of morpholine rings is 1. The maximum absolute atomic E-state index is 11.1. The summed E-state index contributed by atoms with van der Waals surface area (Å²) >= 11 is 6.19. The van der Waals surface area contributed by atoms with Gasteiger partial charge in [0.25, 0.3) is 0 Å². The van der Waals surface area contributed by atoms with Gasteiger partial charge >= 0.3 is 5.97 Å². The molecule has 138 valence electrons. The van der Waals surface area contributed by atoms with Crippen LogP contribution >= 0.6 is 11.6 Å². The summed E-state index contributed by atoms with van der Waals surface area (Å²) in [7, 11) is 0. The van der Waals surface area contributed by atoms with Crippen LogP contribution in [-0.4, -0.2) is 48.8 Å². The van der Waals surface area contributed by atoms with Crippen LogP contribution in [0.25, 0.3) is 0 Å². The molecule has 1 saturated heterocycles. The minimum atomic E-state index is -0.906. The molecular formula is C20H23ClN2O3. The molecule has 2 aromatic carbocycles. The van der Waals surface area contributed by atoms with Gasteiger partial charge in [-0.3, -0.25) is 4.90 Å². The van der Waals surface area contributed by atoms with Gasteiger partial charge in [0.05, 0.1) is 18.8 Å². The summed E-state index contributed by atoms with van der Waals surface area (Å²) in [5, 5.41) is 13.3. The van der Waals surface area contributed by atoms with Crippen molar-refractivity contribution in [3.63, 3.8) is 0 Å². The van der Waals surface area contributed by atoms with Crippen LogP contribution in [0, 0.1) is 0 Å². The van der Waals surface area contributed by atoms with Gasteiger partial charge in [-0.05, 0) is 35.4 Å². The first-order valence-corrected chi connectivity index (χ1v) is 9.11. The Bertz CT molecular complexity index is 747. The quantitative estimate of drug-likeness (QED) is 0.779. The molecule has 2 N–H and O–H groups in total. The Morgan fingerprint density at radius 2 is 1.96 bits per heavy atom. The number of aromatic carboxylic acids is 1. The van der Waals surface area contributed by atoms with Gasteiger partial charge in [-0.1, -0.05) is 35.9 Å². The molecule has 1 heterocycles. The minimum absolute atomic E-state index is 0.195. The number of hydrogen-bond donors (Lipinski definition) is 2. The van der Waals surface area contributed by atoms with E-state index in [1.807, 2.05) is 24.3 Å². The molecule has 26 heavy (non-hydrogen) atoms. The van der Waals surface area contributed by atoms with Crippen molar-refractivity contribution in [3.05, 3.63) is 70.2 Å². The first kappa shape index (κ1) is 18.9. The number of carboxylic acids is 1. The van der Waals surface area contributed by atoms with E-state index in [4.69, 9.17) is 21.4 Å². The standard InChI is InChI=1S/C20H23ClN2O3/c21-18-6-2-4-16(12-18)19(23-7-9-26-10-8-23)14-22-13-15-3-1-5-17(11-15)20(24)25/h1-6,11-12,19,22H,7-10,13-14H2,(H,24,25). The summed E-state index contributed by atoms with van der Waals surface area (Å²) in [6.07, 6.45) is 0. The Labute approximate surface area is 158 Å². The average Bonchev–Trinajstić information content (AvgIpc) is 2.66. The second-order valence-corrected chi connectivity index (χ2v) is 6.79. The van der Waals surface area contributed by atoms with Gasteiger partial charge in [-0.2, -0.15) is 0 Å². The molecule has 2 aromatic rings. The van der Waals surface area contributed by atoms with Crippen molar-refractivity contribution in [2.75, 3.05) is 32.8 Å². The van der Waals surface area contributed by atoms with E-state index in [-0.39, 0.29) is 6.04 Å². The van der Waals surface area contributed by atoms with Gasteiger partial charge in [0.2, 0.25) is 0 Å². The zero-order valence-electron chi connectivity index (χ0n) is 14.5. The largest absolute Gasteiger partial charge is 0.478 e. The van der Waals surface area contributed by atoms with Crippen LogP contribution in [0.3, 0.4) is 0 Å². The van der Waals surface area contributed by atoms with Gasteiger partial charge in [0, 0.05) is 37.2 Å². The fourth-order valence-electron chi connectivity index (χ4n) is 3.23. The second-order valence-electron chi connectivity index (χ2n) is 6.36. The van der Waals surface area contributed by atoms with Crippen LogP contribution in [0.2, 0.25) is 5.02 Å². The van der Waals surface area contributed by atoms with Crippen LogP contribution in [0.4, 0.5) is 0 Å². The van der Waals surface area contributed by atoms with Gasteiger partial charge < -0.3 is 15.2 Å². The van der Waals surface area contributed by atoms with Crippen LogP contribution in [0.1, 0.15) is 27.5 Å². The number of benzene rings is 2. The summed E-state index contributed by atoms with van der Waals surface area (Å²) in [5.74, 6) is -0.906. The lowest BCUT2D eigenvalue weighted by Gasteiger charge is -2.35. The number of ether oxygens (including phenoxy) is 1. The lowest BCUT2D eigenvalue weighted by Crippen LogP contribution is -2.42. The Kier molecular flexibility index (Phi) is 6.63. The van der Waals surface area contributed by atoms with E-state index < -0.39 is 5.97 Å². The van der Waals surface area contributed by atoms with Gasteiger partial charge in [0.1, 0.15) is 0 Å². The zero-order chi connectivity index (χ0) is 18.4. The molecule has 0 bridgehead atoms. The van der Waals surface area contributed by atoms with Crippen LogP contribution < -0.4 is 5.32 Å². The third kappa shape index (κ3) is 5.05. The highest BCUT2D eigenvalue weighted by atomic mass is 35.5. The molecule has 0 radical (unpaired) electrons. The minimum Gasteiger partial charge on any atom is -0.478 e. The van der Waals surface area contributed by atoms with E-state index in [1.165, 1.54) is 5.56 Å². The summed E-state index contributed by atoms with van der Waals surface area (Å²) in [6, 6.07) is 15.2. The Hall–Kier alpha value is -1.92. The summed E-state index contributed by atoms with van der Waals surface area (Å²) in [4.78, 5) is 13.5. The van der Waals surface area contributed by atoms with Gasteiger partial charge in [-0.15, -0.1) is 0 Å². The predicted molar refractivity (Wildman–Crippen MR) is 102 cm³/mol. The van der Waals surface area contributed by atoms with Crippen molar-refractivity contribution >= 4 is 17.6 Å². The van der Waals surface area contributed by atoms with E-state index in [1.54, 1.807) is 18.2 Å². The predicted octanol–water partition coefficient (Wildman–Crippen LogP) is 3.20. The molecule has 0 aromatic heterocycles. The fraction of sp³-hybridized carbons (Fsp3) is 0.350. The number of rotatable bonds is 7. The molecule has 6 heteroatoms. The molecule has 1 atom stereocenters. The van der Waals surface area contributed by atoms with E-state index in [9.17, 15) is 4.79 Å². The first-order chi connectivity index (χ1) is 12.6. The molecule has 0 amide bonds. The number of carbonyl (C=O) groups is 1. The summed E-state index contributed by atoms with van der Waals surface area (Å²) in [6.45, 7) is 4.59. The van der Waals surface area contributed by atoms with Crippen LogP contribution in [0.5, 0.6) is 0 Å². The van der Waals surface area contributed by atoms with E-state index in [0.717, 1.165) is 43.4 Å². The molecule has 0 aliphatic carbocycles. The zero-order valence-corrected chi connectivity index (χ0v) is 15.3. The Morgan fingerprint density at radius 3 is 2.69 bits per heavy atom. The number of halogens is 1. The van der Waals surface area contributed by atoms with Crippen LogP contribution in [-0.2, 0) is 11.3 Å². The van der Waals surface area contributed by atoms with Crippen molar-refractivity contribution in [2.45, 2.75) is 12.6 Å². The van der Waals surface area contributed by atoms with E-state index in [2.05, 4.69) is 16.3 Å². The first-order valence-electron chi connectivity index (χ1n) is 8.74. The van der Waals surface area contributed by atoms with Gasteiger partial charge in [-0.25, -0.2) is 4.79 Å². The molecule has 1 fully saturated rings. The highest BCUT2D eigenvalue weighted by Crippen LogP contribution is 2.24. The Balaban J connectivity index is 1.67. The maximum atomic E-state index is 11.1. The average molecular weight is 375 g/mol. The summed E-state index contributed by atoms with van der Waals surface area (Å²) < 4.78 is 5.48. The van der Waals surface area contributed by atoms with Crippen molar-refractivity contribution in [1.29, 1.82) is 0 Å². The molecule has 3 rings (SSSR count). The number of carboxylic acid groups (broad SMARTS) is 1. The number of nitrogens with zero attached hydrogens (tertiary/aromatic N) is 1. The summed E-state index contributed by atoms with van der Waals surface area (Å²) in [5.41, 5.74) is 2.44. The van der Waals surface area contributed by atoms with Crippen LogP contribution in [0.15, 0.2) is 48.5 Å². The smallest absolute Gasteiger partial charge is 0.335 e. The second kappa shape index (κ2) is 9.14. The van der Waals surface area contributed by atoms with E-state index >= 15 is 0 Å². The molecule has 1 aliphatic rings. The van der Waals surface area contributed by atoms with Crippen molar-refractivity contribution < 1.29 is 14.6 Å². The molecule has 1 aliphatic heterocycles. The lowest BCUT2D eigenvalue weighted by molar-refractivity contribution is 0.0161. The van der Waals surface area contributed by atoms with Gasteiger partial charge in [0.15, 0.2) is 0 Å². The molecule has 0 spiro atoms. The molecule has 5 nitrogen and oxygen atoms in total. The van der Waals surface area contributed by atoms with E-state index in [0.29, 0.717) is 12.1 Å². The number of nitrogens with one attached hydrogen (secondary N) is 1. The Morgan fingerprint density at radius 1 is 1.19 bits per heavy atom. The lowest BCUT2D eigenvalue weighted by atomic mass is 10.0. The molecule has 0 saturated carbocycles. The molecular weight excluding hydrogens is 352 g/mol. The number of hydrogen-bond acceptors (Lipinski definition) is 4. The topological polar surface area (TPSA) is 61.8 Å². The SMILES string of the molecule is O=C(O)c1cccc(CNCC(c2cccc(Cl)c2)N2CCOCC2)c1.